The van der Waals surface area contributed by atoms with Gasteiger partial charge in [0.25, 0.3) is 5.91 Å². The summed E-state index contributed by atoms with van der Waals surface area (Å²) in [6.45, 7) is 2.27. The number of para-hydroxylation sites is 1. The minimum absolute atomic E-state index is 0.319. The molecular formula is C12H14N4O2. The molecule has 6 heteroatoms. The number of nitrogens with two attached hydrogens (primary N) is 1. The highest BCUT2D eigenvalue weighted by Crippen LogP contribution is 2.26. The summed E-state index contributed by atoms with van der Waals surface area (Å²) in [7, 11) is 0. The highest BCUT2D eigenvalue weighted by atomic mass is 16.5. The summed E-state index contributed by atoms with van der Waals surface area (Å²) in [6.07, 6.45) is 3.18. The second-order valence-electron chi connectivity index (χ2n) is 3.55. The molecule has 2 rings (SSSR count). The number of hydrogen-bond acceptors (Lipinski definition) is 4. The molecule has 4 N–H and O–H groups in total. The van der Waals surface area contributed by atoms with Crippen LogP contribution in [0.3, 0.4) is 0 Å². The van der Waals surface area contributed by atoms with Crippen molar-refractivity contribution in [1.82, 2.24) is 9.97 Å². The Bertz CT molecular complexity index is 537. The number of nitrogens with one attached hydrogen (secondary N) is 2. The zero-order chi connectivity index (χ0) is 13.0. The second-order valence-corrected chi connectivity index (χ2v) is 3.55. The predicted molar refractivity (Wildman–Crippen MR) is 68.6 cm³/mol. The first kappa shape index (κ1) is 12.0. The van der Waals surface area contributed by atoms with Crippen LogP contribution in [0.25, 0.3) is 0 Å². The Kier molecular flexibility index (Phi) is 3.47. The third kappa shape index (κ3) is 2.42. The van der Waals surface area contributed by atoms with Gasteiger partial charge in [-0.25, -0.2) is 4.98 Å². The van der Waals surface area contributed by atoms with Crippen LogP contribution in [0.1, 0.15) is 17.3 Å². The molecule has 0 aliphatic rings. The van der Waals surface area contributed by atoms with Crippen molar-refractivity contribution >= 4 is 17.5 Å². The normalized spacial score (nSPS) is 10.1. The lowest BCUT2D eigenvalue weighted by Gasteiger charge is -2.11. The Morgan fingerprint density at radius 2 is 2.39 bits per heavy atom. The number of hydrogen-bond donors (Lipinski definition) is 3. The van der Waals surface area contributed by atoms with Gasteiger partial charge in [0.2, 0.25) is 5.95 Å². The van der Waals surface area contributed by atoms with E-state index in [1.165, 1.54) is 0 Å². The van der Waals surface area contributed by atoms with Crippen LogP contribution >= 0.6 is 0 Å². The maximum atomic E-state index is 12.1. The molecule has 1 heterocycles. The second kappa shape index (κ2) is 5.22. The molecule has 0 spiro atoms. The van der Waals surface area contributed by atoms with Gasteiger partial charge < -0.3 is 15.5 Å². The van der Waals surface area contributed by atoms with Gasteiger partial charge in [-0.15, -0.1) is 0 Å². The molecule has 1 aromatic carbocycles. The van der Waals surface area contributed by atoms with Gasteiger partial charge in [0.15, 0.2) is 5.75 Å². The van der Waals surface area contributed by atoms with Gasteiger partial charge in [0.05, 0.1) is 17.9 Å². The van der Waals surface area contributed by atoms with E-state index in [4.69, 9.17) is 10.5 Å². The van der Waals surface area contributed by atoms with Gasteiger partial charge in [-0.1, -0.05) is 6.07 Å². The molecular weight excluding hydrogens is 232 g/mol. The van der Waals surface area contributed by atoms with E-state index in [-0.39, 0.29) is 5.91 Å². The lowest BCUT2D eigenvalue weighted by molar-refractivity contribution is 0.102. The molecule has 6 nitrogen and oxygen atoms in total. The number of carbonyl (C=O) groups is 1. The fraction of sp³-hybridized carbons (Fsp3) is 0.167. The molecule has 2 aromatic rings. The fourth-order valence-corrected chi connectivity index (χ4v) is 1.55. The maximum absolute atomic E-state index is 12.1. The fourth-order valence-electron chi connectivity index (χ4n) is 1.55. The predicted octanol–water partition coefficient (Wildman–Crippen LogP) is 1.64. The number of nitrogen functional groups attached to an aromatic ring is 1. The quantitative estimate of drug-likeness (QED) is 0.715. The average Bonchev–Trinajstić information content (AvgIpc) is 2.84. The van der Waals surface area contributed by atoms with Crippen molar-refractivity contribution in [3.05, 3.63) is 36.2 Å². The van der Waals surface area contributed by atoms with Gasteiger partial charge in [0.1, 0.15) is 0 Å². The summed E-state index contributed by atoms with van der Waals surface area (Å²) in [4.78, 5) is 18.8. The first-order valence-electron chi connectivity index (χ1n) is 5.54. The first-order valence-corrected chi connectivity index (χ1v) is 5.54. The summed E-state index contributed by atoms with van der Waals surface area (Å²) in [5, 5.41) is 2.62. The smallest absolute Gasteiger partial charge is 0.261 e. The van der Waals surface area contributed by atoms with Crippen LogP contribution in [0.15, 0.2) is 30.6 Å². The number of H-pyrrole nitrogens is 1. The standard InChI is InChI=1S/C12H14N4O2/c1-2-18-10-8(4-3-5-9(10)13)11(17)16-12-14-6-7-15-12/h3-7H,2,13H2,1H3,(H2,14,15,16,17). The van der Waals surface area contributed by atoms with E-state index in [2.05, 4.69) is 15.3 Å². The molecule has 0 saturated heterocycles. The Labute approximate surface area is 104 Å². The summed E-state index contributed by atoms with van der Waals surface area (Å²) in [5.74, 6) is 0.453. The highest BCUT2D eigenvalue weighted by molar-refractivity contribution is 6.06. The van der Waals surface area contributed by atoms with E-state index in [1.807, 2.05) is 6.92 Å². The van der Waals surface area contributed by atoms with Crippen LogP contribution in [-0.2, 0) is 0 Å². The monoisotopic (exact) mass is 246 g/mol. The van der Waals surface area contributed by atoms with Gasteiger partial charge in [0, 0.05) is 12.4 Å². The van der Waals surface area contributed by atoms with Crippen molar-refractivity contribution in [3.63, 3.8) is 0 Å². The van der Waals surface area contributed by atoms with Crippen molar-refractivity contribution in [1.29, 1.82) is 0 Å². The van der Waals surface area contributed by atoms with Crippen LogP contribution < -0.4 is 15.8 Å². The van der Waals surface area contributed by atoms with Crippen LogP contribution in [0, 0.1) is 0 Å². The Morgan fingerprint density at radius 1 is 1.56 bits per heavy atom. The Morgan fingerprint density at radius 3 is 3.06 bits per heavy atom. The SMILES string of the molecule is CCOc1c(N)cccc1C(=O)Nc1ncc[nH]1. The topological polar surface area (TPSA) is 93.0 Å². The molecule has 0 saturated carbocycles. The van der Waals surface area contributed by atoms with Crippen molar-refractivity contribution in [2.45, 2.75) is 6.92 Å². The number of rotatable bonds is 4. The number of imidazole rings is 1. The number of nitrogens with zero attached hydrogens (tertiary/aromatic N) is 1. The van der Waals surface area contributed by atoms with Gasteiger partial charge in [-0.05, 0) is 19.1 Å². The largest absolute Gasteiger partial charge is 0.491 e. The summed E-state index contributed by atoms with van der Waals surface area (Å²) < 4.78 is 5.39. The summed E-state index contributed by atoms with van der Waals surface area (Å²) in [6, 6.07) is 5.04. The van der Waals surface area contributed by atoms with E-state index in [9.17, 15) is 4.79 Å². The molecule has 0 atom stereocenters. The number of benzene rings is 1. The van der Waals surface area contributed by atoms with Crippen LogP contribution in [0.2, 0.25) is 0 Å². The molecule has 0 bridgehead atoms. The van der Waals surface area contributed by atoms with Crippen molar-refractivity contribution < 1.29 is 9.53 Å². The molecule has 0 fully saturated rings. The van der Waals surface area contributed by atoms with Crippen molar-refractivity contribution in [2.75, 3.05) is 17.7 Å². The van der Waals surface area contributed by atoms with E-state index in [1.54, 1.807) is 30.6 Å². The Balaban J connectivity index is 2.26. The molecule has 94 valence electrons. The van der Waals surface area contributed by atoms with Gasteiger partial charge in [-0.2, -0.15) is 0 Å². The average molecular weight is 246 g/mol. The lowest BCUT2D eigenvalue weighted by atomic mass is 10.1. The summed E-state index contributed by atoms with van der Waals surface area (Å²) >= 11 is 0. The number of amides is 1. The third-order valence-corrected chi connectivity index (χ3v) is 2.31. The van der Waals surface area contributed by atoms with Crippen molar-refractivity contribution in [3.8, 4) is 5.75 Å². The number of ether oxygens (including phenoxy) is 1. The Hall–Kier alpha value is -2.50. The van der Waals surface area contributed by atoms with Crippen LogP contribution in [0.4, 0.5) is 11.6 Å². The number of aromatic nitrogens is 2. The van der Waals surface area contributed by atoms with Gasteiger partial charge in [-0.3, -0.25) is 10.1 Å². The first-order chi connectivity index (χ1) is 8.72. The molecule has 0 aliphatic heterocycles. The van der Waals surface area contributed by atoms with E-state index < -0.39 is 0 Å². The number of anilines is 2. The van der Waals surface area contributed by atoms with Crippen LogP contribution in [0.5, 0.6) is 5.75 Å². The number of aromatic amines is 1. The summed E-state index contributed by atoms with van der Waals surface area (Å²) in [5.41, 5.74) is 6.61. The molecule has 1 aromatic heterocycles. The van der Waals surface area contributed by atoms with Crippen LogP contribution in [-0.4, -0.2) is 22.5 Å². The highest BCUT2D eigenvalue weighted by Gasteiger charge is 2.15. The minimum atomic E-state index is -0.319. The maximum Gasteiger partial charge on any atom is 0.261 e. The number of carbonyl (C=O) groups excluding carboxylic acids is 1. The lowest BCUT2D eigenvalue weighted by Crippen LogP contribution is -2.15. The van der Waals surface area contributed by atoms with Crippen molar-refractivity contribution in [2.24, 2.45) is 0 Å². The third-order valence-electron chi connectivity index (χ3n) is 2.31. The molecule has 1 amide bonds. The molecule has 18 heavy (non-hydrogen) atoms. The molecule has 0 radical (unpaired) electrons. The minimum Gasteiger partial charge on any atom is -0.491 e. The van der Waals surface area contributed by atoms with Gasteiger partial charge >= 0.3 is 0 Å². The molecule has 0 aliphatic carbocycles. The van der Waals surface area contributed by atoms with E-state index in [0.29, 0.717) is 29.6 Å². The zero-order valence-electron chi connectivity index (χ0n) is 9.93. The zero-order valence-corrected chi connectivity index (χ0v) is 9.93. The van der Waals surface area contributed by atoms with E-state index in [0.717, 1.165) is 0 Å². The van der Waals surface area contributed by atoms with E-state index >= 15 is 0 Å². The molecule has 0 unspecified atom stereocenters.